The molecule has 3 aromatic rings. The van der Waals surface area contributed by atoms with Crippen LogP contribution in [0.4, 0.5) is 14.5 Å². The van der Waals surface area contributed by atoms with Gasteiger partial charge in [0.1, 0.15) is 12.2 Å². The molecule has 1 heterocycles. The predicted molar refractivity (Wildman–Crippen MR) is 138 cm³/mol. The molecule has 1 aromatic heterocycles. The van der Waals surface area contributed by atoms with E-state index >= 15 is 0 Å². The van der Waals surface area contributed by atoms with Crippen LogP contribution in [0.5, 0.6) is 0 Å². The Morgan fingerprint density at radius 3 is 2.38 bits per heavy atom. The Morgan fingerprint density at radius 2 is 1.74 bits per heavy atom. The van der Waals surface area contributed by atoms with Crippen LogP contribution in [0.1, 0.15) is 41.4 Å². The molecule has 2 aromatic carbocycles. The number of aliphatic hydroxyl groups excluding tert-OH is 2. The fraction of sp³-hybridized carbons (Fsp3) is 0.333. The zero-order valence-electron chi connectivity index (χ0n) is 20.3. The van der Waals surface area contributed by atoms with Crippen LogP contribution < -0.4 is 5.32 Å². The van der Waals surface area contributed by atoms with Crippen LogP contribution in [0.15, 0.2) is 65.7 Å². The minimum atomic E-state index is -4.07. The van der Waals surface area contributed by atoms with Gasteiger partial charge in [-0.25, -0.2) is 17.2 Å². The number of aromatic nitrogens is 1. The molecule has 3 aliphatic carbocycles. The first kappa shape index (κ1) is 27.6. The molecule has 3 saturated carbocycles. The van der Waals surface area contributed by atoms with Crippen molar-refractivity contribution in [1.29, 1.82) is 0 Å². The third kappa shape index (κ3) is 4.82. The molecule has 1 amide bonds. The van der Waals surface area contributed by atoms with Gasteiger partial charge in [0.15, 0.2) is 21.5 Å². The summed E-state index contributed by atoms with van der Waals surface area (Å²) < 4.78 is 53.9. The number of nitrogens with one attached hydrogen (secondary N) is 1. The molecule has 4 unspecified atom stereocenters. The van der Waals surface area contributed by atoms with Crippen molar-refractivity contribution in [3.8, 4) is 0 Å². The van der Waals surface area contributed by atoms with Crippen molar-refractivity contribution < 1.29 is 37.3 Å². The Balaban J connectivity index is 1.34. The Bertz CT molecular complexity index is 1510. The van der Waals surface area contributed by atoms with Gasteiger partial charge in [0, 0.05) is 23.5 Å². The van der Waals surface area contributed by atoms with E-state index in [9.17, 15) is 37.3 Å². The monoisotopic (exact) mass is 578 g/mol. The molecule has 6 rings (SSSR count). The number of fused-ring (bicyclic) bond motifs is 2. The van der Waals surface area contributed by atoms with Gasteiger partial charge >= 0.3 is 0 Å². The van der Waals surface area contributed by atoms with Crippen LogP contribution in [0, 0.1) is 23.5 Å². The van der Waals surface area contributed by atoms with E-state index in [0.29, 0.717) is 6.42 Å². The first-order valence-corrected chi connectivity index (χ1v) is 14.1. The minimum absolute atomic E-state index is 0.0168. The van der Waals surface area contributed by atoms with Crippen molar-refractivity contribution in [2.75, 3.05) is 5.32 Å². The standard InChI is InChI=1S/C27H25ClF2N2O6S/c28-19-6-4-14(26(35)32-17-5-7-20(29)21(30)13-17)9-23(19)39(37,38)18-11-15-10-16(12-18)27(15,36)25(34)24(33)22-3-1-2-8-31-22/h1-9,13,15-16,18,24-25,33-34,36H,10-12H2,(H,32,35). The minimum Gasteiger partial charge on any atom is -0.387 e. The first-order chi connectivity index (χ1) is 18.4. The Hall–Kier alpha value is -2.96. The average molecular weight is 579 g/mol. The van der Waals surface area contributed by atoms with Crippen LogP contribution >= 0.6 is 11.6 Å². The Kier molecular flexibility index (Phi) is 7.23. The maximum Gasteiger partial charge on any atom is 0.255 e. The SMILES string of the molecule is O=C(Nc1ccc(F)c(F)c1)c1ccc(Cl)c(S(=O)(=O)C2CC3CC(C2)C3(O)C(O)C(O)c2ccccn2)c1. The summed E-state index contributed by atoms with van der Waals surface area (Å²) in [5.74, 6) is -4.17. The van der Waals surface area contributed by atoms with Gasteiger partial charge in [0.05, 0.1) is 26.5 Å². The van der Waals surface area contributed by atoms with E-state index in [1.807, 2.05) is 0 Å². The van der Waals surface area contributed by atoms with Crippen molar-refractivity contribution in [2.45, 2.75) is 47.2 Å². The number of hydrogen-bond donors (Lipinski definition) is 4. The van der Waals surface area contributed by atoms with Crippen LogP contribution in [-0.4, -0.2) is 51.6 Å². The molecule has 0 aliphatic heterocycles. The van der Waals surface area contributed by atoms with Gasteiger partial charge in [-0.3, -0.25) is 9.78 Å². The highest BCUT2D eigenvalue weighted by Crippen LogP contribution is 2.58. The number of rotatable bonds is 7. The normalized spacial score (nSPS) is 25.8. The van der Waals surface area contributed by atoms with E-state index in [1.165, 1.54) is 30.5 Å². The van der Waals surface area contributed by atoms with E-state index in [-0.39, 0.29) is 39.7 Å². The van der Waals surface area contributed by atoms with Crippen molar-refractivity contribution in [2.24, 2.45) is 11.8 Å². The Morgan fingerprint density at radius 1 is 1.03 bits per heavy atom. The summed E-state index contributed by atoms with van der Waals surface area (Å²) in [6.45, 7) is 0. The maximum atomic E-state index is 13.6. The van der Waals surface area contributed by atoms with E-state index in [1.54, 1.807) is 12.1 Å². The fourth-order valence-corrected chi connectivity index (χ4v) is 8.12. The first-order valence-electron chi connectivity index (χ1n) is 12.2. The van der Waals surface area contributed by atoms with Crippen LogP contribution in [-0.2, 0) is 9.84 Å². The molecule has 0 saturated heterocycles. The topological polar surface area (TPSA) is 137 Å². The maximum absolute atomic E-state index is 13.6. The van der Waals surface area contributed by atoms with Crippen molar-refractivity contribution in [3.63, 3.8) is 0 Å². The number of sulfone groups is 1. The quantitative estimate of drug-likeness (QED) is 0.336. The number of carbonyl (C=O) groups excluding carboxylic acids is 1. The molecule has 0 spiro atoms. The van der Waals surface area contributed by atoms with Gasteiger partial charge in [0.2, 0.25) is 0 Å². The van der Waals surface area contributed by atoms with Gasteiger partial charge in [-0.1, -0.05) is 17.7 Å². The molecule has 8 nitrogen and oxygen atoms in total. The lowest BCUT2D eigenvalue weighted by molar-refractivity contribution is -0.252. The molecular formula is C27H25ClF2N2O6S. The molecular weight excluding hydrogens is 554 g/mol. The number of amides is 1. The number of aliphatic hydroxyl groups is 3. The third-order valence-electron chi connectivity index (χ3n) is 7.85. The van der Waals surface area contributed by atoms with Gasteiger partial charge in [0.25, 0.3) is 5.91 Å². The summed E-state index contributed by atoms with van der Waals surface area (Å²) in [6.07, 6.45) is -1.04. The van der Waals surface area contributed by atoms with E-state index in [4.69, 9.17) is 11.6 Å². The number of anilines is 1. The lowest BCUT2D eigenvalue weighted by Gasteiger charge is -2.60. The summed E-state index contributed by atoms with van der Waals surface area (Å²) in [5.41, 5.74) is -1.57. The van der Waals surface area contributed by atoms with Gasteiger partial charge in [-0.2, -0.15) is 0 Å². The van der Waals surface area contributed by atoms with E-state index < -0.39 is 62.3 Å². The molecule has 12 heteroatoms. The smallest absolute Gasteiger partial charge is 0.255 e. The number of benzene rings is 2. The second-order valence-electron chi connectivity index (χ2n) is 10.0. The van der Waals surface area contributed by atoms with Gasteiger partial charge in [-0.05, 0) is 73.6 Å². The second kappa shape index (κ2) is 10.2. The summed E-state index contributed by atoms with van der Waals surface area (Å²) in [7, 11) is -4.07. The molecule has 0 radical (unpaired) electrons. The van der Waals surface area contributed by atoms with Crippen molar-refractivity contribution in [1.82, 2.24) is 4.98 Å². The molecule has 3 aliphatic rings. The zero-order valence-corrected chi connectivity index (χ0v) is 21.9. The number of nitrogens with zero attached hydrogens (tertiary/aromatic N) is 1. The van der Waals surface area contributed by atoms with Crippen molar-refractivity contribution in [3.05, 3.63) is 88.7 Å². The zero-order chi connectivity index (χ0) is 28.1. The summed E-state index contributed by atoms with van der Waals surface area (Å²) in [6, 6.07) is 11.3. The molecule has 2 bridgehead atoms. The highest BCUT2D eigenvalue weighted by atomic mass is 35.5. The molecule has 39 heavy (non-hydrogen) atoms. The van der Waals surface area contributed by atoms with Crippen LogP contribution in [0.3, 0.4) is 0 Å². The largest absolute Gasteiger partial charge is 0.387 e. The van der Waals surface area contributed by atoms with Gasteiger partial charge in [-0.15, -0.1) is 0 Å². The number of hydrogen-bond acceptors (Lipinski definition) is 7. The summed E-state index contributed by atoms with van der Waals surface area (Å²) >= 11 is 6.24. The van der Waals surface area contributed by atoms with E-state index in [2.05, 4.69) is 10.3 Å². The third-order valence-corrected chi connectivity index (χ3v) is 10.5. The number of halogens is 3. The van der Waals surface area contributed by atoms with Crippen LogP contribution in [0.25, 0.3) is 0 Å². The molecule has 3 fully saturated rings. The lowest BCUT2D eigenvalue weighted by atomic mass is 9.51. The number of pyridine rings is 1. The molecule has 4 N–H and O–H groups in total. The van der Waals surface area contributed by atoms with Gasteiger partial charge < -0.3 is 20.6 Å². The predicted octanol–water partition coefficient (Wildman–Crippen LogP) is 3.66. The fourth-order valence-electron chi connectivity index (χ4n) is 5.72. The lowest BCUT2D eigenvalue weighted by Crippen LogP contribution is -2.68. The average Bonchev–Trinajstić information content (AvgIpc) is 2.94. The molecule has 4 atom stereocenters. The number of carbonyl (C=O) groups is 1. The highest BCUT2D eigenvalue weighted by molar-refractivity contribution is 7.92. The summed E-state index contributed by atoms with van der Waals surface area (Å²) in [4.78, 5) is 16.5. The van der Waals surface area contributed by atoms with Crippen LogP contribution in [0.2, 0.25) is 5.02 Å². The Labute approximate surface area is 228 Å². The molecule has 206 valence electrons. The van der Waals surface area contributed by atoms with E-state index in [0.717, 1.165) is 18.2 Å². The van der Waals surface area contributed by atoms with Crippen molar-refractivity contribution >= 4 is 33.0 Å². The summed E-state index contributed by atoms with van der Waals surface area (Å²) in [5, 5.41) is 34.2. The second-order valence-corrected chi connectivity index (χ2v) is 12.6. The highest BCUT2D eigenvalue weighted by Gasteiger charge is 2.64.